The van der Waals surface area contributed by atoms with Crippen molar-refractivity contribution < 1.29 is 0 Å². The SMILES string of the molecule is C=C/C=C\C1=C(C)C2(CN2)CC1NC.CC.CC. The highest BCUT2D eigenvalue weighted by Gasteiger charge is 2.50. The predicted octanol–water partition coefficient (Wildman–Crippen LogP) is 3.43. The first-order valence-corrected chi connectivity index (χ1v) is 7.16. The van der Waals surface area contributed by atoms with Gasteiger partial charge in [-0.25, -0.2) is 0 Å². The van der Waals surface area contributed by atoms with E-state index in [-0.39, 0.29) is 0 Å². The summed E-state index contributed by atoms with van der Waals surface area (Å²) in [4.78, 5) is 0. The zero-order valence-corrected chi connectivity index (χ0v) is 12.9. The number of hydrogen-bond acceptors (Lipinski definition) is 2. The molecule has 1 spiro atoms. The van der Waals surface area contributed by atoms with E-state index < -0.39 is 0 Å². The zero-order chi connectivity index (χ0) is 14.2. The minimum absolute atomic E-state index is 0.328. The van der Waals surface area contributed by atoms with E-state index in [2.05, 4.69) is 30.2 Å². The van der Waals surface area contributed by atoms with E-state index in [9.17, 15) is 0 Å². The van der Waals surface area contributed by atoms with Gasteiger partial charge in [-0.2, -0.15) is 0 Å². The lowest BCUT2D eigenvalue weighted by atomic mass is 10.0. The molecule has 0 aromatic carbocycles. The summed E-state index contributed by atoms with van der Waals surface area (Å²) in [5.41, 5.74) is 3.25. The molecule has 2 heteroatoms. The minimum Gasteiger partial charge on any atom is -0.313 e. The normalized spacial score (nSPS) is 28.7. The second-order valence-electron chi connectivity index (χ2n) is 4.16. The molecule has 0 saturated carbocycles. The summed E-state index contributed by atoms with van der Waals surface area (Å²) in [6.07, 6.45) is 7.22. The maximum absolute atomic E-state index is 3.70. The van der Waals surface area contributed by atoms with Crippen molar-refractivity contribution in [2.45, 2.75) is 52.6 Å². The van der Waals surface area contributed by atoms with Gasteiger partial charge >= 0.3 is 0 Å². The van der Waals surface area contributed by atoms with Gasteiger partial charge < -0.3 is 10.6 Å². The van der Waals surface area contributed by atoms with Crippen LogP contribution >= 0.6 is 0 Å². The Labute approximate surface area is 113 Å². The molecule has 1 saturated heterocycles. The van der Waals surface area contributed by atoms with Gasteiger partial charge in [-0.15, -0.1) is 0 Å². The number of rotatable bonds is 3. The van der Waals surface area contributed by atoms with E-state index in [0.29, 0.717) is 11.6 Å². The van der Waals surface area contributed by atoms with E-state index in [4.69, 9.17) is 0 Å². The molecule has 1 aliphatic carbocycles. The first kappa shape index (κ1) is 17.1. The number of nitrogens with one attached hydrogen (secondary N) is 2. The van der Waals surface area contributed by atoms with Crippen molar-refractivity contribution >= 4 is 0 Å². The van der Waals surface area contributed by atoms with E-state index in [1.165, 1.54) is 17.6 Å². The second kappa shape index (κ2) is 8.28. The van der Waals surface area contributed by atoms with E-state index in [1.807, 2.05) is 46.9 Å². The molecule has 0 aromatic rings. The Balaban J connectivity index is 0.000000659. The van der Waals surface area contributed by atoms with Crippen molar-refractivity contribution in [3.05, 3.63) is 36.0 Å². The average molecular weight is 250 g/mol. The summed E-state index contributed by atoms with van der Waals surface area (Å²) in [5, 5.41) is 6.84. The van der Waals surface area contributed by atoms with Crippen LogP contribution in [0.1, 0.15) is 41.0 Å². The Morgan fingerprint density at radius 1 is 1.33 bits per heavy atom. The third-order valence-electron chi connectivity index (χ3n) is 3.44. The molecule has 0 amide bonds. The summed E-state index contributed by atoms with van der Waals surface area (Å²) >= 11 is 0. The van der Waals surface area contributed by atoms with E-state index in [0.717, 1.165) is 6.54 Å². The topological polar surface area (TPSA) is 34.0 Å². The maximum Gasteiger partial charge on any atom is 0.0543 e. The van der Waals surface area contributed by atoms with Gasteiger partial charge in [0, 0.05) is 12.6 Å². The number of allylic oxidation sites excluding steroid dienone is 2. The molecule has 2 atom stereocenters. The third kappa shape index (κ3) is 3.56. The van der Waals surface area contributed by atoms with Gasteiger partial charge in [0.1, 0.15) is 0 Å². The molecule has 2 N–H and O–H groups in total. The quantitative estimate of drug-likeness (QED) is 0.594. The van der Waals surface area contributed by atoms with Crippen LogP contribution < -0.4 is 10.6 Å². The van der Waals surface area contributed by atoms with Crippen LogP contribution in [0, 0.1) is 0 Å². The van der Waals surface area contributed by atoms with Crippen molar-refractivity contribution in [3.63, 3.8) is 0 Å². The summed E-state index contributed by atoms with van der Waals surface area (Å²) in [7, 11) is 2.03. The van der Waals surface area contributed by atoms with Gasteiger partial charge in [0.05, 0.1) is 5.54 Å². The Hall–Kier alpha value is -0.860. The van der Waals surface area contributed by atoms with Crippen molar-refractivity contribution in [3.8, 4) is 0 Å². The fourth-order valence-corrected chi connectivity index (χ4v) is 2.34. The van der Waals surface area contributed by atoms with Crippen LogP contribution in [0.5, 0.6) is 0 Å². The third-order valence-corrected chi connectivity index (χ3v) is 3.44. The molecule has 0 bridgehead atoms. The van der Waals surface area contributed by atoms with Crippen LogP contribution in [0.15, 0.2) is 36.0 Å². The Morgan fingerprint density at radius 2 is 1.89 bits per heavy atom. The standard InChI is InChI=1S/C12H18N2.2C2H6/c1-4-5-6-10-9(2)12(8-14-12)7-11(10)13-3;2*1-2/h4-6,11,13-14H,1,7-8H2,2-3H3;2*1-2H3/b6-5-;;. The smallest absolute Gasteiger partial charge is 0.0543 e. The van der Waals surface area contributed by atoms with Gasteiger partial charge in [-0.1, -0.05) is 52.5 Å². The molecule has 1 heterocycles. The number of hydrogen-bond donors (Lipinski definition) is 2. The van der Waals surface area contributed by atoms with Gasteiger partial charge in [-0.05, 0) is 31.5 Å². The Morgan fingerprint density at radius 3 is 2.28 bits per heavy atom. The van der Waals surface area contributed by atoms with Crippen LogP contribution in [0.25, 0.3) is 0 Å². The minimum atomic E-state index is 0.328. The lowest BCUT2D eigenvalue weighted by molar-refractivity contribution is 0.578. The van der Waals surface area contributed by atoms with Crippen LogP contribution in [-0.2, 0) is 0 Å². The first-order valence-electron chi connectivity index (χ1n) is 7.16. The van der Waals surface area contributed by atoms with Crippen LogP contribution in [0.3, 0.4) is 0 Å². The highest BCUT2D eigenvalue weighted by Crippen LogP contribution is 2.42. The predicted molar refractivity (Wildman–Crippen MR) is 82.9 cm³/mol. The Kier molecular flexibility index (Phi) is 7.88. The van der Waals surface area contributed by atoms with E-state index in [1.54, 1.807) is 0 Å². The Bertz CT molecular complexity index is 309. The van der Waals surface area contributed by atoms with E-state index >= 15 is 0 Å². The van der Waals surface area contributed by atoms with Crippen molar-refractivity contribution in [2.24, 2.45) is 0 Å². The molecule has 1 aliphatic heterocycles. The monoisotopic (exact) mass is 250 g/mol. The van der Waals surface area contributed by atoms with Crippen molar-refractivity contribution in [2.75, 3.05) is 13.6 Å². The summed E-state index contributed by atoms with van der Waals surface area (Å²) < 4.78 is 0. The number of likely N-dealkylation sites (N-methyl/N-ethyl adjacent to an activating group) is 1. The van der Waals surface area contributed by atoms with Crippen LogP contribution in [0.4, 0.5) is 0 Å². The molecule has 104 valence electrons. The largest absolute Gasteiger partial charge is 0.313 e. The van der Waals surface area contributed by atoms with Gasteiger partial charge in [-0.3, -0.25) is 0 Å². The van der Waals surface area contributed by atoms with Gasteiger partial charge in [0.25, 0.3) is 0 Å². The molecule has 2 nitrogen and oxygen atoms in total. The zero-order valence-electron chi connectivity index (χ0n) is 12.9. The molecule has 1 fully saturated rings. The van der Waals surface area contributed by atoms with Gasteiger partial charge in [0.2, 0.25) is 0 Å². The summed E-state index contributed by atoms with van der Waals surface area (Å²) in [5.74, 6) is 0. The molecule has 2 rings (SSSR count). The van der Waals surface area contributed by atoms with Gasteiger partial charge in [0.15, 0.2) is 0 Å². The highest BCUT2D eigenvalue weighted by molar-refractivity contribution is 5.47. The fraction of sp³-hybridized carbons (Fsp3) is 0.625. The van der Waals surface area contributed by atoms with Crippen molar-refractivity contribution in [1.82, 2.24) is 10.6 Å². The summed E-state index contributed by atoms with van der Waals surface area (Å²) in [6.45, 7) is 15.1. The summed E-state index contributed by atoms with van der Waals surface area (Å²) in [6, 6.07) is 0.501. The molecule has 2 unspecified atom stereocenters. The highest BCUT2D eigenvalue weighted by atomic mass is 15.2. The second-order valence-corrected chi connectivity index (χ2v) is 4.16. The molecular weight excluding hydrogens is 220 g/mol. The van der Waals surface area contributed by atoms with Crippen LogP contribution in [0.2, 0.25) is 0 Å². The lowest BCUT2D eigenvalue weighted by Crippen LogP contribution is -2.26. The lowest BCUT2D eigenvalue weighted by Gasteiger charge is -2.10. The molecular formula is C16H30N2. The first-order chi connectivity index (χ1) is 8.73. The maximum atomic E-state index is 3.70. The van der Waals surface area contributed by atoms with Crippen LogP contribution in [-0.4, -0.2) is 25.2 Å². The van der Waals surface area contributed by atoms with Crippen molar-refractivity contribution in [1.29, 1.82) is 0 Å². The molecule has 2 aliphatic rings. The molecule has 0 radical (unpaired) electrons. The molecule has 0 aromatic heterocycles. The average Bonchev–Trinajstić information content (AvgIpc) is 3.17. The molecule has 18 heavy (non-hydrogen) atoms. The fourth-order valence-electron chi connectivity index (χ4n) is 2.34.